The van der Waals surface area contributed by atoms with Gasteiger partial charge >= 0.3 is 0 Å². The molecule has 2 aromatic rings. The number of carbonyl (C=O) groups is 1. The van der Waals surface area contributed by atoms with E-state index in [1.165, 1.54) is 5.56 Å². The fourth-order valence-electron chi connectivity index (χ4n) is 1.95. The van der Waals surface area contributed by atoms with Gasteiger partial charge in [-0.2, -0.15) is 0 Å². The third-order valence-electron chi connectivity index (χ3n) is 3.21. The Morgan fingerprint density at radius 1 is 1.14 bits per heavy atom. The molecule has 110 valence electrons. The van der Waals surface area contributed by atoms with Gasteiger partial charge in [0, 0.05) is 10.6 Å². The first-order chi connectivity index (χ1) is 10.0. The Kier molecular flexibility index (Phi) is 5.27. The fourth-order valence-corrected chi connectivity index (χ4v) is 2.41. The molecule has 0 fully saturated rings. The van der Waals surface area contributed by atoms with Crippen LogP contribution in [0.5, 0.6) is 5.75 Å². The molecule has 0 amide bonds. The molecule has 0 N–H and O–H groups in total. The summed E-state index contributed by atoms with van der Waals surface area (Å²) in [6, 6.07) is 12.5. The normalized spacial score (nSPS) is 12.0. The smallest absolute Gasteiger partial charge is 0.202 e. The number of halogens is 2. The maximum atomic E-state index is 12.3. The van der Waals surface area contributed by atoms with E-state index in [9.17, 15) is 4.79 Å². The largest absolute Gasteiger partial charge is 0.481 e. The molecular weight excluding hydrogens is 307 g/mol. The van der Waals surface area contributed by atoms with Gasteiger partial charge in [-0.3, -0.25) is 4.79 Å². The van der Waals surface area contributed by atoms with Gasteiger partial charge in [-0.05, 0) is 37.1 Å². The van der Waals surface area contributed by atoms with E-state index in [0.717, 1.165) is 6.42 Å². The molecule has 1 unspecified atom stereocenters. The van der Waals surface area contributed by atoms with E-state index in [-0.39, 0.29) is 5.78 Å². The van der Waals surface area contributed by atoms with Gasteiger partial charge in [0.2, 0.25) is 5.78 Å². The highest BCUT2D eigenvalue weighted by atomic mass is 35.5. The van der Waals surface area contributed by atoms with Gasteiger partial charge in [0.05, 0.1) is 5.02 Å². The monoisotopic (exact) mass is 322 g/mol. The topological polar surface area (TPSA) is 26.3 Å². The Morgan fingerprint density at radius 3 is 2.38 bits per heavy atom. The van der Waals surface area contributed by atoms with E-state index in [1.807, 2.05) is 24.3 Å². The molecule has 4 heteroatoms. The van der Waals surface area contributed by atoms with Gasteiger partial charge in [0.25, 0.3) is 0 Å². The Morgan fingerprint density at radius 2 is 1.81 bits per heavy atom. The van der Waals surface area contributed by atoms with Crippen LogP contribution in [0.15, 0.2) is 42.5 Å². The van der Waals surface area contributed by atoms with E-state index in [0.29, 0.717) is 21.4 Å². The molecular formula is C17H16Cl2O2. The first-order valence-corrected chi connectivity index (χ1v) is 7.51. The molecule has 0 aromatic heterocycles. The van der Waals surface area contributed by atoms with Crippen LogP contribution >= 0.6 is 23.2 Å². The third-order valence-corrected chi connectivity index (χ3v) is 3.74. The van der Waals surface area contributed by atoms with Crippen LogP contribution in [-0.4, -0.2) is 11.9 Å². The SMILES string of the molecule is CCc1ccc(C(=O)C(C)Oc2ccc(Cl)cc2Cl)cc1. The van der Waals surface area contributed by atoms with Crippen LogP contribution in [0, 0.1) is 0 Å². The van der Waals surface area contributed by atoms with Crippen molar-refractivity contribution in [3.05, 3.63) is 63.6 Å². The van der Waals surface area contributed by atoms with Gasteiger partial charge in [-0.1, -0.05) is 54.4 Å². The van der Waals surface area contributed by atoms with Gasteiger partial charge in [-0.15, -0.1) is 0 Å². The van der Waals surface area contributed by atoms with Crippen molar-refractivity contribution in [2.24, 2.45) is 0 Å². The first kappa shape index (κ1) is 15.9. The number of rotatable bonds is 5. The second-order valence-corrected chi connectivity index (χ2v) is 5.59. The minimum Gasteiger partial charge on any atom is -0.481 e. The molecule has 2 rings (SSSR count). The minimum absolute atomic E-state index is 0.0799. The number of benzene rings is 2. The average molecular weight is 323 g/mol. The molecule has 2 aromatic carbocycles. The maximum Gasteiger partial charge on any atom is 0.202 e. The van der Waals surface area contributed by atoms with Crippen molar-refractivity contribution >= 4 is 29.0 Å². The molecule has 0 heterocycles. The number of hydrogen-bond donors (Lipinski definition) is 0. The molecule has 0 aliphatic carbocycles. The number of ether oxygens (including phenoxy) is 1. The summed E-state index contributed by atoms with van der Waals surface area (Å²) in [5, 5.41) is 0.921. The van der Waals surface area contributed by atoms with Gasteiger partial charge in [0.15, 0.2) is 6.10 Å². The lowest BCUT2D eigenvalue weighted by Gasteiger charge is -2.15. The summed E-state index contributed by atoms with van der Waals surface area (Å²) in [6.45, 7) is 3.78. The maximum absolute atomic E-state index is 12.3. The number of hydrogen-bond acceptors (Lipinski definition) is 2. The van der Waals surface area contributed by atoms with Gasteiger partial charge in [0.1, 0.15) is 5.75 Å². The van der Waals surface area contributed by atoms with Crippen LogP contribution in [0.4, 0.5) is 0 Å². The van der Waals surface area contributed by atoms with Crippen LogP contribution in [0.2, 0.25) is 10.0 Å². The third kappa shape index (κ3) is 3.99. The van der Waals surface area contributed by atoms with Crippen LogP contribution < -0.4 is 4.74 Å². The Labute approximate surface area is 134 Å². The summed E-state index contributed by atoms with van der Waals surface area (Å²) in [5.74, 6) is 0.371. The lowest BCUT2D eigenvalue weighted by molar-refractivity contribution is 0.0818. The van der Waals surface area contributed by atoms with Gasteiger partial charge < -0.3 is 4.74 Å². The summed E-state index contributed by atoms with van der Waals surface area (Å²) in [6.07, 6.45) is 0.331. The zero-order valence-electron chi connectivity index (χ0n) is 11.9. The minimum atomic E-state index is -0.615. The van der Waals surface area contributed by atoms with E-state index in [2.05, 4.69) is 6.92 Å². The second-order valence-electron chi connectivity index (χ2n) is 4.75. The number of aryl methyl sites for hydroxylation is 1. The molecule has 21 heavy (non-hydrogen) atoms. The summed E-state index contributed by atoms with van der Waals surface area (Å²) in [5.41, 5.74) is 1.82. The molecule has 2 nitrogen and oxygen atoms in total. The zero-order chi connectivity index (χ0) is 15.4. The molecule has 0 spiro atoms. The van der Waals surface area contributed by atoms with Gasteiger partial charge in [-0.25, -0.2) is 0 Å². The summed E-state index contributed by atoms with van der Waals surface area (Å²) >= 11 is 11.9. The number of carbonyl (C=O) groups excluding carboxylic acids is 1. The summed E-state index contributed by atoms with van der Waals surface area (Å²) in [7, 11) is 0. The van der Waals surface area contributed by atoms with Crippen LogP contribution in [0.3, 0.4) is 0 Å². The Bertz CT molecular complexity index is 636. The van der Waals surface area contributed by atoms with Crippen molar-refractivity contribution < 1.29 is 9.53 Å². The highest BCUT2D eigenvalue weighted by Crippen LogP contribution is 2.28. The van der Waals surface area contributed by atoms with E-state index >= 15 is 0 Å². The van der Waals surface area contributed by atoms with Crippen molar-refractivity contribution in [1.29, 1.82) is 0 Å². The lowest BCUT2D eigenvalue weighted by Crippen LogP contribution is -2.24. The molecule has 0 saturated carbocycles. The van der Waals surface area contributed by atoms with E-state index in [4.69, 9.17) is 27.9 Å². The van der Waals surface area contributed by atoms with Crippen LogP contribution in [0.1, 0.15) is 29.8 Å². The molecule has 1 atom stereocenters. The molecule has 0 aliphatic rings. The lowest BCUT2D eigenvalue weighted by atomic mass is 10.0. The van der Waals surface area contributed by atoms with E-state index < -0.39 is 6.10 Å². The average Bonchev–Trinajstić information content (AvgIpc) is 2.49. The van der Waals surface area contributed by atoms with Crippen LogP contribution in [-0.2, 0) is 6.42 Å². The molecule has 0 aliphatic heterocycles. The number of Topliss-reactive ketones (excluding diaryl/α,β-unsaturated/α-hetero) is 1. The highest BCUT2D eigenvalue weighted by Gasteiger charge is 2.18. The second kappa shape index (κ2) is 6.97. The molecule has 0 bridgehead atoms. The molecule has 0 saturated heterocycles. The summed E-state index contributed by atoms with van der Waals surface area (Å²) in [4.78, 5) is 12.3. The molecule has 0 radical (unpaired) electrons. The summed E-state index contributed by atoms with van der Waals surface area (Å²) < 4.78 is 5.63. The first-order valence-electron chi connectivity index (χ1n) is 6.76. The predicted octanol–water partition coefficient (Wildman–Crippen LogP) is 5.21. The Balaban J connectivity index is 2.11. The van der Waals surface area contributed by atoms with Crippen molar-refractivity contribution in [3.63, 3.8) is 0 Å². The number of ketones is 1. The fraction of sp³-hybridized carbons (Fsp3) is 0.235. The van der Waals surface area contributed by atoms with Crippen LogP contribution in [0.25, 0.3) is 0 Å². The van der Waals surface area contributed by atoms with Crippen molar-refractivity contribution in [2.45, 2.75) is 26.4 Å². The van der Waals surface area contributed by atoms with Crippen molar-refractivity contribution in [3.8, 4) is 5.75 Å². The van der Waals surface area contributed by atoms with Crippen molar-refractivity contribution in [1.82, 2.24) is 0 Å². The standard InChI is InChI=1S/C17H16Cl2O2/c1-3-12-4-6-13(7-5-12)17(20)11(2)21-16-9-8-14(18)10-15(16)19/h4-11H,3H2,1-2H3. The van der Waals surface area contributed by atoms with E-state index in [1.54, 1.807) is 25.1 Å². The van der Waals surface area contributed by atoms with Crippen molar-refractivity contribution in [2.75, 3.05) is 0 Å². The highest BCUT2D eigenvalue weighted by molar-refractivity contribution is 6.35. The predicted molar refractivity (Wildman–Crippen MR) is 86.7 cm³/mol. The Hall–Kier alpha value is -1.51. The zero-order valence-corrected chi connectivity index (χ0v) is 13.4. The quantitative estimate of drug-likeness (QED) is 0.706.